The van der Waals surface area contributed by atoms with Crippen LogP contribution in [-0.4, -0.2) is 21.0 Å². The second-order valence-electron chi connectivity index (χ2n) is 3.32. The van der Waals surface area contributed by atoms with Gasteiger partial charge in [0.2, 0.25) is 5.82 Å². The Morgan fingerprint density at radius 2 is 2.00 bits per heavy atom. The number of nitrogens with one attached hydrogen (secondary N) is 1. The quantitative estimate of drug-likeness (QED) is 0.874. The highest BCUT2D eigenvalue weighted by Gasteiger charge is 2.08. The number of nitrogens with zero attached hydrogens (tertiary/aromatic N) is 2. The second kappa shape index (κ2) is 4.74. The van der Waals surface area contributed by atoms with Crippen LogP contribution in [0.4, 0.5) is 20.3 Å². The molecule has 7 heteroatoms. The third-order valence-electron chi connectivity index (χ3n) is 2.04. The number of hydrogen-bond donors (Lipinski definition) is 2. The Bertz CT molecular complexity index is 605. The molecule has 5 nitrogen and oxygen atoms in total. The standard InChI is InChI=1S/C11H7F2N3O2/c12-7-2-1-6(5-8(7)13)15-9-3-4-14-10(16-9)11(17)18/h1-5H,(H,17,18)(H,14,15,16). The van der Waals surface area contributed by atoms with E-state index in [1.165, 1.54) is 18.3 Å². The molecular weight excluding hydrogens is 244 g/mol. The first-order chi connectivity index (χ1) is 8.56. The van der Waals surface area contributed by atoms with Crippen LogP contribution in [-0.2, 0) is 0 Å². The number of aromatic nitrogens is 2. The molecule has 0 bridgehead atoms. The molecule has 0 saturated carbocycles. The maximum Gasteiger partial charge on any atom is 0.374 e. The number of hydrogen-bond acceptors (Lipinski definition) is 4. The van der Waals surface area contributed by atoms with E-state index in [0.29, 0.717) is 0 Å². The SMILES string of the molecule is O=C(O)c1nccc(Nc2ccc(F)c(F)c2)n1. The van der Waals surface area contributed by atoms with E-state index in [-0.39, 0.29) is 17.3 Å². The molecule has 2 N–H and O–H groups in total. The van der Waals surface area contributed by atoms with Gasteiger partial charge in [-0.05, 0) is 18.2 Å². The van der Waals surface area contributed by atoms with Crippen LogP contribution >= 0.6 is 0 Å². The van der Waals surface area contributed by atoms with Crippen LogP contribution in [0.2, 0.25) is 0 Å². The molecular formula is C11H7F2N3O2. The molecule has 0 fully saturated rings. The fourth-order valence-corrected chi connectivity index (χ4v) is 1.25. The predicted molar refractivity (Wildman–Crippen MR) is 58.6 cm³/mol. The number of carboxylic acids is 1. The summed E-state index contributed by atoms with van der Waals surface area (Å²) in [6, 6.07) is 4.61. The number of carbonyl (C=O) groups is 1. The third kappa shape index (κ3) is 2.57. The minimum atomic E-state index is -1.27. The normalized spacial score (nSPS) is 10.1. The van der Waals surface area contributed by atoms with E-state index in [4.69, 9.17) is 5.11 Å². The molecule has 2 aromatic rings. The molecule has 1 aromatic heterocycles. The fraction of sp³-hybridized carbons (Fsp3) is 0. The molecule has 0 unspecified atom stereocenters. The minimum Gasteiger partial charge on any atom is -0.475 e. The Morgan fingerprint density at radius 1 is 1.22 bits per heavy atom. The molecule has 0 amide bonds. The van der Waals surface area contributed by atoms with Crippen LogP contribution in [0.5, 0.6) is 0 Å². The number of halogens is 2. The van der Waals surface area contributed by atoms with Crippen LogP contribution in [0, 0.1) is 11.6 Å². The van der Waals surface area contributed by atoms with Crippen molar-refractivity contribution < 1.29 is 18.7 Å². The summed E-state index contributed by atoms with van der Waals surface area (Å²) in [4.78, 5) is 17.9. The molecule has 0 saturated heterocycles. The van der Waals surface area contributed by atoms with Crippen LogP contribution < -0.4 is 5.32 Å². The highest BCUT2D eigenvalue weighted by atomic mass is 19.2. The molecule has 1 aromatic carbocycles. The maximum atomic E-state index is 12.9. The number of anilines is 2. The van der Waals surface area contributed by atoms with Crippen LogP contribution in [0.1, 0.15) is 10.6 Å². The van der Waals surface area contributed by atoms with Crippen molar-refractivity contribution >= 4 is 17.5 Å². The van der Waals surface area contributed by atoms with Gasteiger partial charge in [-0.1, -0.05) is 0 Å². The zero-order valence-electron chi connectivity index (χ0n) is 8.89. The van der Waals surface area contributed by atoms with Gasteiger partial charge in [0.05, 0.1) is 0 Å². The summed E-state index contributed by atoms with van der Waals surface area (Å²) < 4.78 is 25.6. The average Bonchev–Trinajstić information content (AvgIpc) is 2.34. The molecule has 1 heterocycles. The Kier molecular flexibility index (Phi) is 3.13. The first-order valence-corrected chi connectivity index (χ1v) is 4.84. The zero-order chi connectivity index (χ0) is 13.1. The van der Waals surface area contributed by atoms with Gasteiger partial charge in [-0.3, -0.25) is 0 Å². The van der Waals surface area contributed by atoms with Gasteiger partial charge in [-0.15, -0.1) is 0 Å². The van der Waals surface area contributed by atoms with Gasteiger partial charge in [-0.25, -0.2) is 23.5 Å². The molecule has 0 aliphatic carbocycles. The van der Waals surface area contributed by atoms with E-state index >= 15 is 0 Å². The van der Waals surface area contributed by atoms with Crippen molar-refractivity contribution in [1.29, 1.82) is 0 Å². The molecule has 92 valence electrons. The van der Waals surface area contributed by atoms with Crippen LogP contribution in [0.15, 0.2) is 30.5 Å². The predicted octanol–water partition coefficient (Wildman–Crippen LogP) is 2.20. The summed E-state index contributed by atoms with van der Waals surface area (Å²) in [5.74, 6) is -3.46. The smallest absolute Gasteiger partial charge is 0.374 e. The van der Waals surface area contributed by atoms with Gasteiger partial charge < -0.3 is 10.4 Å². The van der Waals surface area contributed by atoms with E-state index in [2.05, 4.69) is 15.3 Å². The second-order valence-corrected chi connectivity index (χ2v) is 3.32. The summed E-state index contributed by atoms with van der Waals surface area (Å²) in [6.07, 6.45) is 1.25. The van der Waals surface area contributed by atoms with E-state index in [1.807, 2.05) is 0 Å². The monoisotopic (exact) mass is 251 g/mol. The molecule has 0 aliphatic rings. The van der Waals surface area contributed by atoms with Crippen LogP contribution in [0.25, 0.3) is 0 Å². The van der Waals surface area contributed by atoms with Gasteiger partial charge in [0.25, 0.3) is 0 Å². The number of rotatable bonds is 3. The Hall–Kier alpha value is -2.57. The Morgan fingerprint density at radius 3 is 2.67 bits per heavy atom. The van der Waals surface area contributed by atoms with Gasteiger partial charge in [0.15, 0.2) is 11.6 Å². The topological polar surface area (TPSA) is 75.1 Å². The lowest BCUT2D eigenvalue weighted by atomic mass is 10.3. The fourth-order valence-electron chi connectivity index (χ4n) is 1.25. The lowest BCUT2D eigenvalue weighted by Gasteiger charge is -2.05. The molecule has 18 heavy (non-hydrogen) atoms. The Labute approximate surface area is 100 Å². The molecule has 0 atom stereocenters. The van der Waals surface area contributed by atoms with Crippen molar-refractivity contribution in [3.63, 3.8) is 0 Å². The van der Waals surface area contributed by atoms with Gasteiger partial charge in [0.1, 0.15) is 5.82 Å². The first-order valence-electron chi connectivity index (χ1n) is 4.84. The maximum absolute atomic E-state index is 12.9. The summed E-state index contributed by atoms with van der Waals surface area (Å²) >= 11 is 0. The van der Waals surface area contributed by atoms with Crippen molar-refractivity contribution in [2.75, 3.05) is 5.32 Å². The lowest BCUT2D eigenvalue weighted by Crippen LogP contribution is -2.05. The van der Waals surface area contributed by atoms with Gasteiger partial charge in [0, 0.05) is 18.0 Å². The zero-order valence-corrected chi connectivity index (χ0v) is 8.89. The number of aromatic carboxylic acids is 1. The number of carboxylic acid groups (broad SMARTS) is 1. The van der Waals surface area contributed by atoms with E-state index < -0.39 is 17.6 Å². The molecule has 0 radical (unpaired) electrons. The Balaban J connectivity index is 2.25. The van der Waals surface area contributed by atoms with Gasteiger partial charge in [-0.2, -0.15) is 0 Å². The average molecular weight is 251 g/mol. The highest BCUT2D eigenvalue weighted by Crippen LogP contribution is 2.17. The molecule has 0 aliphatic heterocycles. The van der Waals surface area contributed by atoms with E-state index in [0.717, 1.165) is 12.1 Å². The summed E-state index contributed by atoms with van der Waals surface area (Å²) in [7, 11) is 0. The molecule has 0 spiro atoms. The van der Waals surface area contributed by atoms with E-state index in [1.54, 1.807) is 0 Å². The summed E-state index contributed by atoms with van der Waals surface area (Å²) in [6.45, 7) is 0. The van der Waals surface area contributed by atoms with Gasteiger partial charge >= 0.3 is 5.97 Å². The first kappa shape index (κ1) is 11.9. The van der Waals surface area contributed by atoms with E-state index in [9.17, 15) is 13.6 Å². The number of benzene rings is 1. The largest absolute Gasteiger partial charge is 0.475 e. The summed E-state index contributed by atoms with van der Waals surface area (Å²) in [5.41, 5.74) is 0.254. The molecule has 2 rings (SSSR count). The third-order valence-corrected chi connectivity index (χ3v) is 2.04. The van der Waals surface area contributed by atoms with Crippen LogP contribution in [0.3, 0.4) is 0 Å². The minimum absolute atomic E-state index is 0.174. The van der Waals surface area contributed by atoms with Crippen molar-refractivity contribution in [3.05, 3.63) is 47.9 Å². The van der Waals surface area contributed by atoms with Crippen molar-refractivity contribution in [1.82, 2.24) is 9.97 Å². The van der Waals surface area contributed by atoms with Crippen molar-refractivity contribution in [2.24, 2.45) is 0 Å². The highest BCUT2D eigenvalue weighted by molar-refractivity contribution is 5.83. The van der Waals surface area contributed by atoms with Crippen molar-refractivity contribution in [3.8, 4) is 0 Å². The lowest BCUT2D eigenvalue weighted by molar-refractivity contribution is 0.0683. The summed E-state index contributed by atoms with van der Waals surface area (Å²) in [5, 5.41) is 11.3. The van der Waals surface area contributed by atoms with Crippen molar-refractivity contribution in [2.45, 2.75) is 0 Å².